The summed E-state index contributed by atoms with van der Waals surface area (Å²) < 4.78 is 6.92. The van der Waals surface area contributed by atoms with Gasteiger partial charge < -0.3 is 9.72 Å². The largest absolute Gasteiger partial charge is 0.419 e. The third-order valence-corrected chi connectivity index (χ3v) is 2.26. The second-order valence-electron chi connectivity index (χ2n) is 3.20. The number of hydrogen-bond donors (Lipinski definition) is 1. The summed E-state index contributed by atoms with van der Waals surface area (Å²) in [6, 6.07) is 1.72. The molecule has 0 aliphatic carbocycles. The molecule has 0 aliphatic rings. The molecule has 0 fully saturated rings. The Morgan fingerprint density at radius 2 is 2.31 bits per heavy atom. The molecular weight excluding hydrogens is 232 g/mol. The summed E-state index contributed by atoms with van der Waals surface area (Å²) in [6.45, 7) is 1.83. The maximum absolute atomic E-state index is 11.2. The van der Waals surface area contributed by atoms with Crippen LogP contribution in [0.3, 0.4) is 0 Å². The molecule has 2 aromatic rings. The lowest BCUT2D eigenvalue weighted by molar-refractivity contribution is 0.414. The van der Waals surface area contributed by atoms with Crippen molar-refractivity contribution in [3.8, 4) is 11.8 Å². The normalized spacial score (nSPS) is 10.4. The molecule has 16 heavy (non-hydrogen) atoms. The number of aryl methyl sites for hydroxylation is 2. The van der Waals surface area contributed by atoms with Gasteiger partial charge >= 0.3 is 0 Å². The van der Waals surface area contributed by atoms with Crippen LogP contribution < -0.4 is 10.3 Å². The van der Waals surface area contributed by atoms with Gasteiger partial charge in [0.05, 0.1) is 12.0 Å². The van der Waals surface area contributed by atoms with E-state index in [1.807, 2.05) is 6.92 Å². The van der Waals surface area contributed by atoms with E-state index >= 15 is 0 Å². The van der Waals surface area contributed by atoms with Gasteiger partial charge in [-0.05, 0) is 6.92 Å². The Morgan fingerprint density at radius 3 is 2.94 bits per heavy atom. The van der Waals surface area contributed by atoms with Crippen molar-refractivity contribution < 1.29 is 4.74 Å². The molecule has 6 nitrogen and oxygen atoms in total. The van der Waals surface area contributed by atoms with Crippen molar-refractivity contribution in [2.75, 3.05) is 0 Å². The Kier molecular flexibility index (Phi) is 2.66. The van der Waals surface area contributed by atoms with Crippen LogP contribution in [-0.4, -0.2) is 19.7 Å². The van der Waals surface area contributed by atoms with Crippen LogP contribution in [0.25, 0.3) is 0 Å². The number of aromatic amines is 1. The Labute approximate surface area is 95.8 Å². The SMILES string of the molecule is Cc1cc(Oc2nc[nH]c(=O)c2Cl)n(C)n1. The zero-order valence-corrected chi connectivity index (χ0v) is 9.45. The lowest BCUT2D eigenvalue weighted by atomic mass is 10.5. The highest BCUT2D eigenvalue weighted by Crippen LogP contribution is 2.23. The van der Waals surface area contributed by atoms with Crippen molar-refractivity contribution in [2.24, 2.45) is 7.05 Å². The molecule has 0 saturated carbocycles. The van der Waals surface area contributed by atoms with Gasteiger partial charge in [-0.1, -0.05) is 11.6 Å². The molecule has 2 heterocycles. The summed E-state index contributed by atoms with van der Waals surface area (Å²) in [5.41, 5.74) is 0.365. The van der Waals surface area contributed by atoms with Crippen LogP contribution in [0.4, 0.5) is 0 Å². The van der Waals surface area contributed by atoms with Crippen molar-refractivity contribution >= 4 is 11.6 Å². The number of rotatable bonds is 2. The van der Waals surface area contributed by atoms with Crippen molar-refractivity contribution in [1.29, 1.82) is 0 Å². The van der Waals surface area contributed by atoms with E-state index in [0.717, 1.165) is 5.69 Å². The molecular formula is C9H9ClN4O2. The van der Waals surface area contributed by atoms with E-state index in [1.54, 1.807) is 13.1 Å². The van der Waals surface area contributed by atoms with Crippen LogP contribution in [0.2, 0.25) is 5.02 Å². The predicted octanol–water partition coefficient (Wildman–Crippen LogP) is 1.26. The topological polar surface area (TPSA) is 72.8 Å². The number of hydrogen-bond acceptors (Lipinski definition) is 4. The maximum atomic E-state index is 11.2. The average molecular weight is 241 g/mol. The molecule has 0 unspecified atom stereocenters. The van der Waals surface area contributed by atoms with Gasteiger partial charge in [-0.25, -0.2) is 9.67 Å². The first kappa shape index (κ1) is 10.7. The monoisotopic (exact) mass is 240 g/mol. The molecule has 0 spiro atoms. The van der Waals surface area contributed by atoms with Crippen molar-refractivity contribution in [1.82, 2.24) is 19.7 Å². The predicted molar refractivity (Wildman–Crippen MR) is 57.9 cm³/mol. The molecule has 2 aromatic heterocycles. The number of halogens is 1. The van der Waals surface area contributed by atoms with Crippen molar-refractivity contribution in [3.63, 3.8) is 0 Å². The summed E-state index contributed by atoms with van der Waals surface area (Å²) in [5, 5.41) is 4.01. The number of aromatic nitrogens is 4. The molecule has 0 bridgehead atoms. The van der Waals surface area contributed by atoms with Gasteiger partial charge in [0.15, 0.2) is 5.02 Å². The number of nitrogens with zero attached hydrogens (tertiary/aromatic N) is 3. The number of H-pyrrole nitrogens is 1. The van der Waals surface area contributed by atoms with Gasteiger partial charge in [0, 0.05) is 13.1 Å². The van der Waals surface area contributed by atoms with Crippen LogP contribution in [0.15, 0.2) is 17.2 Å². The van der Waals surface area contributed by atoms with Gasteiger partial charge in [0.1, 0.15) is 0 Å². The van der Waals surface area contributed by atoms with Crippen LogP contribution in [0.1, 0.15) is 5.69 Å². The molecule has 0 aromatic carbocycles. The first-order valence-corrected chi connectivity index (χ1v) is 4.87. The van der Waals surface area contributed by atoms with Crippen molar-refractivity contribution in [3.05, 3.63) is 33.5 Å². The molecule has 0 radical (unpaired) electrons. The fourth-order valence-electron chi connectivity index (χ4n) is 1.22. The van der Waals surface area contributed by atoms with Gasteiger partial charge in [-0.2, -0.15) is 5.10 Å². The Hall–Kier alpha value is -1.82. The summed E-state index contributed by atoms with van der Waals surface area (Å²) in [4.78, 5) is 17.4. The summed E-state index contributed by atoms with van der Waals surface area (Å²) >= 11 is 5.74. The van der Waals surface area contributed by atoms with E-state index in [9.17, 15) is 4.79 Å². The Morgan fingerprint density at radius 1 is 1.56 bits per heavy atom. The second-order valence-corrected chi connectivity index (χ2v) is 3.58. The van der Waals surface area contributed by atoms with E-state index in [2.05, 4.69) is 15.1 Å². The van der Waals surface area contributed by atoms with Crippen molar-refractivity contribution in [2.45, 2.75) is 6.92 Å². The molecule has 0 atom stereocenters. The third kappa shape index (κ3) is 1.92. The minimum atomic E-state index is -0.439. The third-order valence-electron chi connectivity index (χ3n) is 1.92. The molecule has 0 saturated heterocycles. The fourth-order valence-corrected chi connectivity index (χ4v) is 1.36. The highest BCUT2D eigenvalue weighted by molar-refractivity contribution is 6.31. The van der Waals surface area contributed by atoms with Gasteiger partial charge in [0.25, 0.3) is 5.56 Å². The average Bonchev–Trinajstić information content (AvgIpc) is 2.53. The van der Waals surface area contributed by atoms with Crippen LogP contribution in [0, 0.1) is 6.92 Å². The standard InChI is InChI=1S/C9H9ClN4O2/c1-5-3-6(14(2)13-5)16-9-7(10)8(15)11-4-12-9/h3-4H,1-2H3,(H,11,12,15). The second kappa shape index (κ2) is 3.97. The number of ether oxygens (including phenoxy) is 1. The zero-order valence-electron chi connectivity index (χ0n) is 8.69. The summed E-state index contributed by atoms with van der Waals surface area (Å²) in [5.74, 6) is 0.533. The summed E-state index contributed by atoms with van der Waals surface area (Å²) in [7, 11) is 1.73. The minimum Gasteiger partial charge on any atom is -0.419 e. The van der Waals surface area contributed by atoms with E-state index in [4.69, 9.17) is 16.3 Å². The van der Waals surface area contributed by atoms with Gasteiger partial charge in [-0.15, -0.1) is 0 Å². The van der Waals surface area contributed by atoms with E-state index < -0.39 is 5.56 Å². The van der Waals surface area contributed by atoms with Gasteiger partial charge in [-0.3, -0.25) is 4.79 Å². The minimum absolute atomic E-state index is 0.0633. The van der Waals surface area contributed by atoms with E-state index in [1.165, 1.54) is 11.0 Å². The summed E-state index contributed by atoms with van der Waals surface area (Å²) in [6.07, 6.45) is 1.23. The number of nitrogens with one attached hydrogen (secondary N) is 1. The molecule has 2 rings (SSSR count). The Balaban J connectivity index is 2.38. The first-order valence-electron chi connectivity index (χ1n) is 4.49. The highest BCUT2D eigenvalue weighted by atomic mass is 35.5. The smallest absolute Gasteiger partial charge is 0.273 e. The van der Waals surface area contributed by atoms with Crippen LogP contribution >= 0.6 is 11.6 Å². The lowest BCUT2D eigenvalue weighted by Gasteiger charge is -2.04. The molecule has 1 N–H and O–H groups in total. The van der Waals surface area contributed by atoms with Crippen LogP contribution in [0.5, 0.6) is 11.8 Å². The fraction of sp³-hybridized carbons (Fsp3) is 0.222. The maximum Gasteiger partial charge on any atom is 0.273 e. The zero-order chi connectivity index (χ0) is 11.7. The lowest BCUT2D eigenvalue weighted by Crippen LogP contribution is -2.08. The van der Waals surface area contributed by atoms with E-state index in [-0.39, 0.29) is 10.9 Å². The molecule has 7 heteroatoms. The van der Waals surface area contributed by atoms with Crippen LogP contribution in [-0.2, 0) is 7.05 Å². The van der Waals surface area contributed by atoms with Gasteiger partial charge in [0.2, 0.25) is 11.8 Å². The first-order chi connectivity index (χ1) is 7.58. The molecule has 0 aliphatic heterocycles. The Bertz CT molecular complexity index is 575. The molecule has 0 amide bonds. The highest BCUT2D eigenvalue weighted by Gasteiger charge is 2.11. The molecule has 84 valence electrons. The quantitative estimate of drug-likeness (QED) is 0.858. The van der Waals surface area contributed by atoms with E-state index in [0.29, 0.717) is 5.88 Å².